The summed E-state index contributed by atoms with van der Waals surface area (Å²) in [5.41, 5.74) is -1.70. The van der Waals surface area contributed by atoms with Crippen molar-refractivity contribution in [2.45, 2.75) is 46.7 Å². The van der Waals surface area contributed by atoms with Crippen LogP contribution in [0.2, 0.25) is 0 Å². The van der Waals surface area contributed by atoms with Crippen molar-refractivity contribution in [2.24, 2.45) is 13.0 Å². The number of aromatic nitrogens is 3. The van der Waals surface area contributed by atoms with E-state index in [1.165, 1.54) is 16.2 Å². The first-order valence-corrected chi connectivity index (χ1v) is 6.85. The Labute approximate surface area is 122 Å². The Bertz CT molecular complexity index is 702. The van der Waals surface area contributed by atoms with Gasteiger partial charge in [-0.3, -0.25) is 13.9 Å². The maximum Gasteiger partial charge on any atom is 0.335 e. The van der Waals surface area contributed by atoms with Crippen LogP contribution >= 0.6 is 12.2 Å². The predicted molar refractivity (Wildman–Crippen MR) is 79.6 cm³/mol. The van der Waals surface area contributed by atoms with E-state index >= 15 is 0 Å². The van der Waals surface area contributed by atoms with Crippen LogP contribution in [0.15, 0.2) is 9.59 Å². The molecule has 0 saturated carbocycles. The highest BCUT2D eigenvalue weighted by Crippen LogP contribution is 2.07. The number of nitrogens with zero attached hydrogens (tertiary/aromatic N) is 3. The molecule has 6 nitrogen and oxygen atoms in total. The topological polar surface area (TPSA) is 66.0 Å². The van der Waals surface area contributed by atoms with Crippen LogP contribution in [0.4, 0.5) is 0 Å². The van der Waals surface area contributed by atoms with Crippen molar-refractivity contribution in [2.75, 3.05) is 0 Å². The lowest BCUT2D eigenvalue weighted by atomic mass is 10.1. The SMILES string of the molecule is CC(C)C(=O)Cn1c(=S)n(C)c(=O)n(C(C)(C)C)c1=O. The standard InChI is InChI=1S/C13H21N3O3S/c1-8(2)9(17)7-15-11(19)16(13(3,4)5)10(18)14(6)12(15)20/h8H,7H2,1-6H3. The van der Waals surface area contributed by atoms with Gasteiger partial charge < -0.3 is 0 Å². The second kappa shape index (κ2) is 5.47. The van der Waals surface area contributed by atoms with Gasteiger partial charge in [0.05, 0.1) is 6.54 Å². The minimum absolute atomic E-state index is 0.0644. The van der Waals surface area contributed by atoms with E-state index < -0.39 is 16.9 Å². The van der Waals surface area contributed by atoms with Gasteiger partial charge in [-0.1, -0.05) is 13.8 Å². The summed E-state index contributed by atoms with van der Waals surface area (Å²) in [5, 5.41) is 0. The molecule has 0 radical (unpaired) electrons. The summed E-state index contributed by atoms with van der Waals surface area (Å²) in [4.78, 5) is 36.5. The Morgan fingerprint density at radius 3 is 2.10 bits per heavy atom. The normalized spacial score (nSPS) is 11.9. The first-order chi connectivity index (χ1) is 8.98. The Balaban J connectivity index is 3.68. The molecular weight excluding hydrogens is 278 g/mol. The van der Waals surface area contributed by atoms with E-state index in [0.29, 0.717) is 0 Å². The van der Waals surface area contributed by atoms with Gasteiger partial charge in [0.2, 0.25) is 0 Å². The molecule has 1 aromatic heterocycles. The van der Waals surface area contributed by atoms with E-state index in [1.54, 1.807) is 34.6 Å². The number of rotatable bonds is 3. The monoisotopic (exact) mass is 299 g/mol. The van der Waals surface area contributed by atoms with Crippen LogP contribution in [0.1, 0.15) is 34.6 Å². The second-order valence-corrected chi connectivity index (χ2v) is 6.49. The fraction of sp³-hybridized carbons (Fsp3) is 0.692. The van der Waals surface area contributed by atoms with Gasteiger partial charge in [-0.05, 0) is 33.0 Å². The van der Waals surface area contributed by atoms with Crippen molar-refractivity contribution in [3.05, 3.63) is 25.7 Å². The Morgan fingerprint density at radius 1 is 1.20 bits per heavy atom. The zero-order valence-electron chi connectivity index (χ0n) is 12.8. The fourth-order valence-electron chi connectivity index (χ4n) is 1.74. The van der Waals surface area contributed by atoms with Crippen molar-refractivity contribution in [3.8, 4) is 0 Å². The van der Waals surface area contributed by atoms with Crippen LogP contribution in [0, 0.1) is 10.7 Å². The molecule has 0 bridgehead atoms. The molecule has 0 atom stereocenters. The molecule has 1 heterocycles. The third-order valence-electron chi connectivity index (χ3n) is 3.05. The molecule has 0 spiro atoms. The quantitative estimate of drug-likeness (QED) is 0.783. The molecule has 7 heteroatoms. The highest BCUT2D eigenvalue weighted by Gasteiger charge is 2.23. The molecule has 0 fully saturated rings. The van der Waals surface area contributed by atoms with E-state index in [-0.39, 0.29) is 23.0 Å². The van der Waals surface area contributed by atoms with Gasteiger partial charge in [-0.2, -0.15) is 0 Å². The lowest BCUT2D eigenvalue weighted by Crippen LogP contribution is -2.52. The highest BCUT2D eigenvalue weighted by molar-refractivity contribution is 7.71. The minimum Gasteiger partial charge on any atom is -0.297 e. The minimum atomic E-state index is -0.683. The maximum atomic E-state index is 12.5. The molecule has 112 valence electrons. The molecule has 0 aliphatic heterocycles. The van der Waals surface area contributed by atoms with Crippen molar-refractivity contribution in [1.29, 1.82) is 0 Å². The third kappa shape index (κ3) is 2.98. The molecule has 0 saturated heterocycles. The van der Waals surface area contributed by atoms with Gasteiger partial charge in [-0.25, -0.2) is 14.2 Å². The average Bonchev–Trinajstić information content (AvgIpc) is 2.30. The van der Waals surface area contributed by atoms with Gasteiger partial charge >= 0.3 is 11.4 Å². The number of carbonyl (C=O) groups excluding carboxylic acids is 1. The summed E-state index contributed by atoms with van der Waals surface area (Å²) in [7, 11) is 1.50. The molecule has 0 aliphatic carbocycles. The number of hydrogen-bond acceptors (Lipinski definition) is 4. The van der Waals surface area contributed by atoms with Crippen LogP contribution in [-0.4, -0.2) is 19.5 Å². The van der Waals surface area contributed by atoms with Gasteiger partial charge in [0, 0.05) is 18.5 Å². The predicted octanol–water partition coefficient (Wildman–Crippen LogP) is 1.06. The summed E-state index contributed by atoms with van der Waals surface area (Å²) in [6, 6.07) is 0. The highest BCUT2D eigenvalue weighted by atomic mass is 32.1. The Kier molecular flexibility index (Phi) is 4.53. The summed E-state index contributed by atoms with van der Waals surface area (Å²) < 4.78 is 3.59. The molecular formula is C13H21N3O3S. The van der Waals surface area contributed by atoms with Crippen molar-refractivity contribution in [1.82, 2.24) is 13.7 Å². The van der Waals surface area contributed by atoms with E-state index in [9.17, 15) is 14.4 Å². The van der Waals surface area contributed by atoms with Gasteiger partial charge in [0.15, 0.2) is 10.6 Å². The zero-order valence-corrected chi connectivity index (χ0v) is 13.6. The maximum absolute atomic E-state index is 12.5. The lowest BCUT2D eigenvalue weighted by Gasteiger charge is -2.23. The van der Waals surface area contributed by atoms with Crippen LogP contribution in [0.25, 0.3) is 0 Å². The smallest absolute Gasteiger partial charge is 0.297 e. The first-order valence-electron chi connectivity index (χ1n) is 6.44. The summed E-state index contributed by atoms with van der Waals surface area (Å²) in [5.74, 6) is -0.297. The Hall–Kier alpha value is -1.50. The van der Waals surface area contributed by atoms with Crippen LogP contribution in [0.5, 0.6) is 0 Å². The number of ketones is 1. The zero-order chi connectivity index (χ0) is 15.8. The number of carbonyl (C=O) groups is 1. The van der Waals surface area contributed by atoms with Crippen molar-refractivity contribution < 1.29 is 4.79 Å². The van der Waals surface area contributed by atoms with Crippen LogP contribution in [-0.2, 0) is 23.9 Å². The van der Waals surface area contributed by atoms with Gasteiger partial charge in [0.1, 0.15) is 0 Å². The third-order valence-corrected chi connectivity index (χ3v) is 3.54. The van der Waals surface area contributed by atoms with E-state index in [1.807, 2.05) is 0 Å². The largest absolute Gasteiger partial charge is 0.335 e. The van der Waals surface area contributed by atoms with Crippen molar-refractivity contribution >= 4 is 18.0 Å². The summed E-state index contributed by atoms with van der Waals surface area (Å²) in [6.45, 7) is 8.68. The molecule has 0 N–H and O–H groups in total. The van der Waals surface area contributed by atoms with E-state index in [4.69, 9.17) is 12.2 Å². The molecule has 1 rings (SSSR count). The summed E-state index contributed by atoms with van der Waals surface area (Å²) >= 11 is 5.12. The van der Waals surface area contributed by atoms with E-state index in [2.05, 4.69) is 0 Å². The molecule has 20 heavy (non-hydrogen) atoms. The Morgan fingerprint density at radius 2 is 1.70 bits per heavy atom. The van der Waals surface area contributed by atoms with Crippen LogP contribution in [0.3, 0.4) is 0 Å². The number of Topliss-reactive ketones (excluding diaryl/α,β-unsaturated/α-hetero) is 1. The first kappa shape index (κ1) is 16.6. The van der Waals surface area contributed by atoms with Gasteiger partial charge in [0.25, 0.3) is 0 Å². The van der Waals surface area contributed by atoms with Gasteiger partial charge in [-0.15, -0.1) is 0 Å². The van der Waals surface area contributed by atoms with Crippen molar-refractivity contribution in [3.63, 3.8) is 0 Å². The molecule has 0 unspecified atom stereocenters. The molecule has 0 aromatic carbocycles. The molecule has 0 aliphatic rings. The lowest BCUT2D eigenvalue weighted by molar-refractivity contribution is -0.122. The average molecular weight is 299 g/mol. The fourth-order valence-corrected chi connectivity index (χ4v) is 1.97. The molecule has 0 amide bonds. The number of hydrogen-bond donors (Lipinski definition) is 0. The van der Waals surface area contributed by atoms with Crippen LogP contribution < -0.4 is 11.4 Å². The van der Waals surface area contributed by atoms with E-state index in [0.717, 1.165) is 4.57 Å². The molecule has 1 aromatic rings. The second-order valence-electron chi connectivity index (χ2n) is 6.12. The summed E-state index contributed by atoms with van der Waals surface area (Å²) in [6.07, 6.45) is 0.